The van der Waals surface area contributed by atoms with Crippen LogP contribution in [0.25, 0.3) is 0 Å². The van der Waals surface area contributed by atoms with Crippen molar-refractivity contribution >= 4 is 40.3 Å². The monoisotopic (exact) mass is 323 g/mol. The molecule has 5 heteroatoms. The van der Waals surface area contributed by atoms with Gasteiger partial charge in [-0.05, 0) is 41.8 Å². The minimum absolute atomic E-state index is 0.204. The van der Waals surface area contributed by atoms with Gasteiger partial charge in [0, 0.05) is 29.0 Å². The maximum Gasteiger partial charge on any atom is 0.263 e. The molecule has 3 heterocycles. The van der Waals surface area contributed by atoms with E-state index in [1.165, 1.54) is 10.4 Å². The third-order valence-corrected chi connectivity index (χ3v) is 6.91. The lowest BCUT2D eigenvalue weighted by Crippen LogP contribution is -2.32. The van der Waals surface area contributed by atoms with Crippen LogP contribution in [0.15, 0.2) is 29.0 Å². The summed E-state index contributed by atoms with van der Waals surface area (Å²) in [6, 6.07) is 6.33. The second kappa shape index (κ2) is 6.33. The van der Waals surface area contributed by atoms with Gasteiger partial charge < -0.3 is 4.90 Å². The molecule has 0 aromatic carbocycles. The second-order valence-electron chi connectivity index (χ2n) is 4.94. The Hall–Kier alpha value is -0.780. The third-order valence-electron chi connectivity index (χ3n) is 3.43. The first kappa shape index (κ1) is 14.2. The number of aryl methyl sites for hydroxylation is 1. The molecule has 0 unspecified atom stereocenters. The van der Waals surface area contributed by atoms with Crippen LogP contribution in [0.5, 0.6) is 0 Å². The first-order valence-corrected chi connectivity index (χ1v) is 9.54. The predicted molar refractivity (Wildman–Crippen MR) is 89.1 cm³/mol. The van der Waals surface area contributed by atoms with Crippen molar-refractivity contribution in [2.24, 2.45) is 0 Å². The molecule has 1 fully saturated rings. The van der Waals surface area contributed by atoms with Crippen LogP contribution in [-0.2, 0) is 0 Å². The molecule has 1 aliphatic rings. The Morgan fingerprint density at radius 2 is 2.25 bits per heavy atom. The predicted octanol–water partition coefficient (Wildman–Crippen LogP) is 4.44. The normalized spacial score (nSPS) is 19.9. The quantitative estimate of drug-likeness (QED) is 0.814. The molecule has 2 aromatic rings. The molecule has 1 atom stereocenters. The molecule has 0 aliphatic carbocycles. The highest BCUT2D eigenvalue weighted by atomic mass is 32.2. The van der Waals surface area contributed by atoms with Crippen molar-refractivity contribution in [2.75, 3.05) is 18.8 Å². The van der Waals surface area contributed by atoms with Crippen molar-refractivity contribution < 1.29 is 4.79 Å². The molecule has 1 amide bonds. The SMILES string of the molecule is Cc1csc(C(=O)N2CCS[C@H](c3cccs3)CC2)c1. The van der Waals surface area contributed by atoms with Gasteiger partial charge in [-0.3, -0.25) is 4.79 Å². The van der Waals surface area contributed by atoms with E-state index in [2.05, 4.69) is 17.5 Å². The summed E-state index contributed by atoms with van der Waals surface area (Å²) in [5.74, 6) is 1.23. The summed E-state index contributed by atoms with van der Waals surface area (Å²) < 4.78 is 0. The molecule has 1 aliphatic heterocycles. The van der Waals surface area contributed by atoms with Crippen LogP contribution in [0.3, 0.4) is 0 Å². The van der Waals surface area contributed by atoms with Gasteiger partial charge in [-0.15, -0.1) is 22.7 Å². The van der Waals surface area contributed by atoms with E-state index < -0.39 is 0 Å². The van der Waals surface area contributed by atoms with E-state index in [9.17, 15) is 4.79 Å². The Morgan fingerprint density at radius 1 is 1.35 bits per heavy atom. The highest BCUT2D eigenvalue weighted by Crippen LogP contribution is 2.37. The summed E-state index contributed by atoms with van der Waals surface area (Å²) >= 11 is 5.37. The Balaban J connectivity index is 1.66. The molecule has 1 saturated heterocycles. The highest BCUT2D eigenvalue weighted by molar-refractivity contribution is 7.99. The Bertz CT molecular complexity index is 576. The fourth-order valence-electron chi connectivity index (χ4n) is 2.37. The van der Waals surface area contributed by atoms with Crippen molar-refractivity contribution in [1.82, 2.24) is 4.90 Å². The molecular weight excluding hydrogens is 306 g/mol. The van der Waals surface area contributed by atoms with Crippen molar-refractivity contribution in [3.63, 3.8) is 0 Å². The van der Waals surface area contributed by atoms with Crippen LogP contribution in [0.4, 0.5) is 0 Å². The van der Waals surface area contributed by atoms with Crippen LogP contribution < -0.4 is 0 Å². The molecule has 0 N–H and O–H groups in total. The van der Waals surface area contributed by atoms with Crippen molar-refractivity contribution in [1.29, 1.82) is 0 Å². The number of carbonyl (C=O) groups excluding carboxylic acids is 1. The van der Waals surface area contributed by atoms with Gasteiger partial charge in [-0.1, -0.05) is 6.07 Å². The van der Waals surface area contributed by atoms with Crippen molar-refractivity contribution in [3.8, 4) is 0 Å². The van der Waals surface area contributed by atoms with E-state index in [0.717, 1.165) is 30.1 Å². The van der Waals surface area contributed by atoms with Gasteiger partial charge in [-0.2, -0.15) is 11.8 Å². The minimum atomic E-state index is 0.204. The van der Waals surface area contributed by atoms with Crippen LogP contribution in [-0.4, -0.2) is 29.6 Å². The Kier molecular flexibility index (Phi) is 4.48. The first-order chi connectivity index (χ1) is 9.74. The van der Waals surface area contributed by atoms with Crippen LogP contribution in [0.1, 0.15) is 31.8 Å². The van der Waals surface area contributed by atoms with Crippen LogP contribution in [0.2, 0.25) is 0 Å². The van der Waals surface area contributed by atoms with Gasteiger partial charge in [0.2, 0.25) is 0 Å². The summed E-state index contributed by atoms with van der Waals surface area (Å²) in [5.41, 5.74) is 1.18. The molecular formula is C15H17NOS3. The number of amides is 1. The summed E-state index contributed by atoms with van der Waals surface area (Å²) in [5, 5.41) is 4.74. The van der Waals surface area contributed by atoms with Crippen LogP contribution >= 0.6 is 34.4 Å². The molecule has 2 nitrogen and oxygen atoms in total. The van der Waals surface area contributed by atoms with E-state index >= 15 is 0 Å². The van der Waals surface area contributed by atoms with Crippen molar-refractivity contribution in [2.45, 2.75) is 18.6 Å². The number of carbonyl (C=O) groups is 1. The molecule has 0 radical (unpaired) electrons. The maximum absolute atomic E-state index is 12.5. The first-order valence-electron chi connectivity index (χ1n) is 6.73. The molecule has 3 rings (SSSR count). The van der Waals surface area contributed by atoms with Gasteiger partial charge in [0.15, 0.2) is 0 Å². The van der Waals surface area contributed by atoms with E-state index in [-0.39, 0.29) is 5.91 Å². The fourth-order valence-corrected chi connectivity index (χ4v) is 5.48. The summed E-state index contributed by atoms with van der Waals surface area (Å²) in [6.45, 7) is 3.77. The minimum Gasteiger partial charge on any atom is -0.337 e. The molecule has 0 bridgehead atoms. The zero-order chi connectivity index (χ0) is 13.9. The Labute approximate surface area is 131 Å². The lowest BCUT2D eigenvalue weighted by molar-refractivity contribution is 0.0771. The Morgan fingerprint density at radius 3 is 2.95 bits per heavy atom. The van der Waals surface area contributed by atoms with E-state index in [1.54, 1.807) is 11.3 Å². The molecule has 0 saturated carbocycles. The number of hydrogen-bond acceptors (Lipinski definition) is 4. The summed E-state index contributed by atoms with van der Waals surface area (Å²) in [6.07, 6.45) is 1.06. The highest BCUT2D eigenvalue weighted by Gasteiger charge is 2.23. The topological polar surface area (TPSA) is 20.3 Å². The van der Waals surface area contributed by atoms with Crippen LogP contribution in [0, 0.1) is 6.92 Å². The summed E-state index contributed by atoms with van der Waals surface area (Å²) in [7, 11) is 0. The molecule has 2 aromatic heterocycles. The zero-order valence-corrected chi connectivity index (χ0v) is 13.8. The summed E-state index contributed by atoms with van der Waals surface area (Å²) in [4.78, 5) is 16.8. The largest absolute Gasteiger partial charge is 0.337 e. The number of thioether (sulfide) groups is 1. The molecule has 20 heavy (non-hydrogen) atoms. The maximum atomic E-state index is 12.5. The van der Waals surface area contributed by atoms with Gasteiger partial charge in [-0.25, -0.2) is 0 Å². The average molecular weight is 324 g/mol. The van der Waals surface area contributed by atoms with E-state index in [1.807, 2.05) is 46.4 Å². The van der Waals surface area contributed by atoms with Gasteiger partial charge in [0.25, 0.3) is 5.91 Å². The van der Waals surface area contributed by atoms with E-state index in [4.69, 9.17) is 0 Å². The number of rotatable bonds is 2. The second-order valence-corrected chi connectivity index (χ2v) is 8.15. The number of thiophene rings is 2. The number of hydrogen-bond donors (Lipinski definition) is 0. The van der Waals surface area contributed by atoms with Gasteiger partial charge in [0.1, 0.15) is 0 Å². The smallest absolute Gasteiger partial charge is 0.263 e. The third kappa shape index (κ3) is 3.10. The molecule has 0 spiro atoms. The lowest BCUT2D eigenvalue weighted by atomic mass is 10.2. The van der Waals surface area contributed by atoms with Gasteiger partial charge >= 0.3 is 0 Å². The molecule has 106 valence electrons. The van der Waals surface area contributed by atoms with E-state index in [0.29, 0.717) is 5.25 Å². The standard InChI is InChI=1S/C15H17NOS3/c1-11-9-14(20-10-11)15(17)16-5-4-13(19-8-6-16)12-3-2-7-18-12/h2-3,7,9-10,13H,4-6,8H2,1H3/t13-/m0/s1. The zero-order valence-electron chi connectivity index (χ0n) is 11.4. The average Bonchev–Trinajstić information content (AvgIpc) is 3.05. The fraction of sp³-hybridized carbons (Fsp3) is 0.400. The van der Waals surface area contributed by atoms with Crippen molar-refractivity contribution in [3.05, 3.63) is 44.3 Å². The van der Waals surface area contributed by atoms with Gasteiger partial charge in [0.05, 0.1) is 4.88 Å². The lowest BCUT2D eigenvalue weighted by Gasteiger charge is -2.19. The number of nitrogens with zero attached hydrogens (tertiary/aromatic N) is 1.